The van der Waals surface area contributed by atoms with E-state index in [0.29, 0.717) is 27.4 Å². The van der Waals surface area contributed by atoms with Crippen LogP contribution in [0.15, 0.2) is 24.3 Å². The van der Waals surface area contributed by atoms with Crippen molar-refractivity contribution in [2.75, 3.05) is 14.2 Å². The van der Waals surface area contributed by atoms with Crippen molar-refractivity contribution in [3.8, 4) is 17.0 Å². The van der Waals surface area contributed by atoms with Crippen LogP contribution in [0.1, 0.15) is 5.82 Å². The summed E-state index contributed by atoms with van der Waals surface area (Å²) < 4.78 is 10.3. The van der Waals surface area contributed by atoms with Gasteiger partial charge in [0.05, 0.1) is 12.8 Å². The third kappa shape index (κ3) is 3.35. The summed E-state index contributed by atoms with van der Waals surface area (Å²) in [4.78, 5) is 8.47. The molecule has 0 fully saturated rings. The van der Waals surface area contributed by atoms with Gasteiger partial charge >= 0.3 is 0 Å². The van der Waals surface area contributed by atoms with Gasteiger partial charge in [-0.1, -0.05) is 23.2 Å². The highest BCUT2D eigenvalue weighted by atomic mass is 35.5. The minimum Gasteiger partial charge on any atom is -0.496 e. The predicted octanol–water partition coefficient (Wildman–Crippen LogP) is 3.61. The van der Waals surface area contributed by atoms with Gasteiger partial charge in [-0.25, -0.2) is 9.97 Å². The number of rotatable bonds is 4. The molecule has 0 aliphatic carbocycles. The topological polar surface area (TPSA) is 44.2 Å². The zero-order valence-corrected chi connectivity index (χ0v) is 12.0. The average molecular weight is 299 g/mol. The summed E-state index contributed by atoms with van der Waals surface area (Å²) in [5.41, 5.74) is 1.41. The largest absolute Gasteiger partial charge is 0.496 e. The molecular formula is C13H12Cl2N2O2. The van der Waals surface area contributed by atoms with E-state index in [-0.39, 0.29) is 6.61 Å². The number of hydrogen-bond donors (Lipinski definition) is 0. The van der Waals surface area contributed by atoms with E-state index in [1.165, 1.54) is 0 Å². The highest BCUT2D eigenvalue weighted by Crippen LogP contribution is 2.32. The van der Waals surface area contributed by atoms with Crippen molar-refractivity contribution in [1.82, 2.24) is 9.97 Å². The normalized spacial score (nSPS) is 10.5. The Bertz CT molecular complexity index is 591. The van der Waals surface area contributed by atoms with Crippen LogP contribution < -0.4 is 4.74 Å². The zero-order valence-electron chi connectivity index (χ0n) is 10.5. The fourth-order valence-corrected chi connectivity index (χ4v) is 2.05. The Hall–Kier alpha value is -1.36. The molecule has 1 aromatic carbocycles. The number of halogens is 2. The van der Waals surface area contributed by atoms with Crippen LogP contribution in [0, 0.1) is 0 Å². The van der Waals surface area contributed by atoms with Crippen LogP contribution in [0.4, 0.5) is 0 Å². The Balaban J connectivity index is 2.54. The molecule has 0 radical (unpaired) electrons. The number of ether oxygens (including phenoxy) is 2. The number of nitrogens with zero attached hydrogens (tertiary/aromatic N) is 2. The van der Waals surface area contributed by atoms with Gasteiger partial charge in [0.2, 0.25) is 0 Å². The summed E-state index contributed by atoms with van der Waals surface area (Å²) in [7, 11) is 3.16. The third-order valence-corrected chi connectivity index (χ3v) is 2.88. The quantitative estimate of drug-likeness (QED) is 0.809. The standard InChI is InChI=1S/C13H12Cl2N2O2/c1-18-7-13-16-10(6-12(15)17-13)9-5-8(14)3-4-11(9)19-2/h3-6H,7H2,1-2H3. The molecule has 0 aliphatic heterocycles. The van der Waals surface area contributed by atoms with Gasteiger partial charge in [0, 0.05) is 23.8 Å². The van der Waals surface area contributed by atoms with E-state index < -0.39 is 0 Å². The van der Waals surface area contributed by atoms with Crippen LogP contribution in [0.3, 0.4) is 0 Å². The molecule has 0 saturated carbocycles. The van der Waals surface area contributed by atoms with E-state index in [1.807, 2.05) is 0 Å². The summed E-state index contributed by atoms with van der Waals surface area (Å²) >= 11 is 12.0. The van der Waals surface area contributed by atoms with Crippen molar-refractivity contribution < 1.29 is 9.47 Å². The molecule has 4 nitrogen and oxygen atoms in total. The van der Waals surface area contributed by atoms with Gasteiger partial charge in [-0.15, -0.1) is 0 Å². The molecule has 1 aromatic heterocycles. The first-order valence-corrected chi connectivity index (χ1v) is 6.26. The van der Waals surface area contributed by atoms with Crippen LogP contribution in [0.2, 0.25) is 10.2 Å². The molecule has 0 unspecified atom stereocenters. The second-order valence-electron chi connectivity index (χ2n) is 3.77. The number of methoxy groups -OCH3 is 2. The molecular weight excluding hydrogens is 287 g/mol. The van der Waals surface area contributed by atoms with E-state index >= 15 is 0 Å². The molecule has 0 aliphatic rings. The fourth-order valence-electron chi connectivity index (χ4n) is 1.68. The fraction of sp³-hybridized carbons (Fsp3) is 0.231. The number of aromatic nitrogens is 2. The van der Waals surface area contributed by atoms with Crippen molar-refractivity contribution in [2.24, 2.45) is 0 Å². The molecule has 2 aromatic rings. The van der Waals surface area contributed by atoms with Crippen molar-refractivity contribution in [3.05, 3.63) is 40.3 Å². The lowest BCUT2D eigenvalue weighted by molar-refractivity contribution is 0.178. The maximum Gasteiger partial charge on any atom is 0.156 e. The number of hydrogen-bond acceptors (Lipinski definition) is 4. The Morgan fingerprint density at radius 3 is 2.58 bits per heavy atom. The average Bonchev–Trinajstić information content (AvgIpc) is 2.38. The molecule has 19 heavy (non-hydrogen) atoms. The lowest BCUT2D eigenvalue weighted by atomic mass is 10.1. The third-order valence-electron chi connectivity index (χ3n) is 2.45. The summed E-state index contributed by atoms with van der Waals surface area (Å²) in [6, 6.07) is 6.97. The molecule has 100 valence electrons. The molecule has 0 spiro atoms. The van der Waals surface area contributed by atoms with Gasteiger partial charge in [0.1, 0.15) is 17.5 Å². The maximum absolute atomic E-state index is 6.01. The Kier molecular flexibility index (Phi) is 4.58. The van der Waals surface area contributed by atoms with Crippen molar-refractivity contribution in [3.63, 3.8) is 0 Å². The van der Waals surface area contributed by atoms with Gasteiger partial charge in [-0.2, -0.15) is 0 Å². The molecule has 2 rings (SSSR count). The summed E-state index contributed by atoms with van der Waals surface area (Å²) in [5.74, 6) is 1.18. The van der Waals surface area contributed by atoms with Gasteiger partial charge in [-0.05, 0) is 18.2 Å². The maximum atomic E-state index is 6.01. The van der Waals surface area contributed by atoms with Crippen LogP contribution in [0.25, 0.3) is 11.3 Å². The van der Waals surface area contributed by atoms with Crippen LogP contribution in [-0.2, 0) is 11.3 Å². The summed E-state index contributed by atoms with van der Waals surface area (Å²) in [6.45, 7) is 0.288. The molecule has 0 saturated heterocycles. The minimum absolute atomic E-state index is 0.288. The Morgan fingerprint density at radius 1 is 1.11 bits per heavy atom. The minimum atomic E-state index is 0.288. The van der Waals surface area contributed by atoms with Gasteiger partial charge in [0.15, 0.2) is 5.82 Å². The van der Waals surface area contributed by atoms with E-state index in [2.05, 4.69) is 9.97 Å². The Labute approximate surface area is 121 Å². The summed E-state index contributed by atoms with van der Waals surface area (Å²) in [6.07, 6.45) is 0. The lowest BCUT2D eigenvalue weighted by Crippen LogP contribution is -1.99. The molecule has 6 heteroatoms. The van der Waals surface area contributed by atoms with Crippen molar-refractivity contribution in [2.45, 2.75) is 6.61 Å². The SMILES string of the molecule is COCc1nc(Cl)cc(-c2cc(Cl)ccc2OC)n1. The first-order valence-electron chi connectivity index (χ1n) is 5.50. The second-order valence-corrected chi connectivity index (χ2v) is 4.59. The monoisotopic (exact) mass is 298 g/mol. The van der Waals surface area contributed by atoms with Gasteiger partial charge in [-0.3, -0.25) is 0 Å². The van der Waals surface area contributed by atoms with E-state index in [9.17, 15) is 0 Å². The first kappa shape index (κ1) is 14.1. The van der Waals surface area contributed by atoms with Crippen molar-refractivity contribution >= 4 is 23.2 Å². The highest BCUT2D eigenvalue weighted by Gasteiger charge is 2.11. The van der Waals surface area contributed by atoms with E-state index in [0.717, 1.165) is 5.56 Å². The molecule has 0 atom stereocenters. The zero-order chi connectivity index (χ0) is 13.8. The first-order chi connectivity index (χ1) is 9.13. The molecule has 0 amide bonds. The van der Waals surface area contributed by atoms with Crippen LogP contribution in [-0.4, -0.2) is 24.2 Å². The second kappa shape index (κ2) is 6.19. The summed E-state index contributed by atoms with van der Waals surface area (Å²) in [5, 5.41) is 0.943. The highest BCUT2D eigenvalue weighted by molar-refractivity contribution is 6.31. The smallest absolute Gasteiger partial charge is 0.156 e. The van der Waals surface area contributed by atoms with Gasteiger partial charge < -0.3 is 9.47 Å². The number of benzene rings is 1. The van der Waals surface area contributed by atoms with Crippen LogP contribution in [0.5, 0.6) is 5.75 Å². The molecule has 0 N–H and O–H groups in total. The van der Waals surface area contributed by atoms with Crippen molar-refractivity contribution in [1.29, 1.82) is 0 Å². The lowest BCUT2D eigenvalue weighted by Gasteiger charge is -2.10. The molecule has 0 bridgehead atoms. The van der Waals surface area contributed by atoms with E-state index in [1.54, 1.807) is 38.5 Å². The Morgan fingerprint density at radius 2 is 1.89 bits per heavy atom. The van der Waals surface area contributed by atoms with E-state index in [4.69, 9.17) is 32.7 Å². The van der Waals surface area contributed by atoms with Crippen LogP contribution >= 0.6 is 23.2 Å². The predicted molar refractivity (Wildman–Crippen MR) is 74.8 cm³/mol. The molecule has 1 heterocycles. The van der Waals surface area contributed by atoms with Gasteiger partial charge in [0.25, 0.3) is 0 Å².